The van der Waals surface area contributed by atoms with Crippen molar-refractivity contribution in [2.75, 3.05) is 0 Å². The van der Waals surface area contributed by atoms with Gasteiger partial charge in [0, 0.05) is 4.88 Å². The van der Waals surface area contributed by atoms with Crippen molar-refractivity contribution in [3.8, 4) is 0 Å². The number of carboxylic acids is 1. The molecule has 14 heavy (non-hydrogen) atoms. The van der Waals surface area contributed by atoms with Crippen molar-refractivity contribution >= 4 is 17.3 Å². The number of hydrogen-bond acceptors (Lipinski definition) is 3. The largest absolute Gasteiger partial charge is 0.480 e. The smallest absolute Gasteiger partial charge is 0.329 e. The first-order chi connectivity index (χ1) is 6.61. The van der Waals surface area contributed by atoms with E-state index in [-0.39, 0.29) is 0 Å². The number of hydrogen-bond donors (Lipinski definition) is 2. The van der Waals surface area contributed by atoms with Crippen LogP contribution in [0.2, 0.25) is 0 Å². The van der Waals surface area contributed by atoms with Crippen LogP contribution in [0, 0.1) is 0 Å². The summed E-state index contributed by atoms with van der Waals surface area (Å²) in [7, 11) is 0. The van der Waals surface area contributed by atoms with Crippen LogP contribution in [0.4, 0.5) is 0 Å². The van der Waals surface area contributed by atoms with Crippen molar-refractivity contribution in [2.24, 2.45) is 5.73 Å². The van der Waals surface area contributed by atoms with Crippen LogP contribution in [0.5, 0.6) is 0 Å². The number of unbranched alkanes of at least 4 members (excludes halogenated alkanes) is 1. The van der Waals surface area contributed by atoms with E-state index in [1.165, 1.54) is 11.3 Å². The van der Waals surface area contributed by atoms with E-state index in [9.17, 15) is 4.79 Å². The van der Waals surface area contributed by atoms with E-state index in [0.29, 0.717) is 6.42 Å². The molecule has 0 saturated carbocycles. The SMILES string of the molecule is CCCC[C@](N)(C(=O)O)c1cccs1. The Balaban J connectivity index is 2.87. The lowest BCUT2D eigenvalue weighted by atomic mass is 9.92. The van der Waals surface area contributed by atoms with E-state index in [1.54, 1.807) is 6.07 Å². The van der Waals surface area contributed by atoms with Gasteiger partial charge in [-0.15, -0.1) is 11.3 Å². The van der Waals surface area contributed by atoms with Gasteiger partial charge in [0.1, 0.15) is 5.54 Å². The number of rotatable bonds is 5. The van der Waals surface area contributed by atoms with Gasteiger partial charge >= 0.3 is 5.97 Å². The predicted octanol–water partition coefficient (Wildman–Crippen LogP) is 2.18. The maximum atomic E-state index is 11.1. The molecule has 0 fully saturated rings. The monoisotopic (exact) mass is 213 g/mol. The van der Waals surface area contributed by atoms with E-state index in [1.807, 2.05) is 18.4 Å². The molecular formula is C10H15NO2S. The van der Waals surface area contributed by atoms with Gasteiger partial charge in [-0.25, -0.2) is 4.79 Å². The summed E-state index contributed by atoms with van der Waals surface area (Å²) in [4.78, 5) is 11.8. The van der Waals surface area contributed by atoms with Crippen LogP contribution < -0.4 is 5.73 Å². The standard InChI is InChI=1S/C10H15NO2S/c1-2-3-6-10(11,9(12)13)8-5-4-7-14-8/h4-5,7H,2-3,6,11H2,1H3,(H,12,13)/t10-/m1/s1. The van der Waals surface area contributed by atoms with Crippen LogP contribution in [-0.4, -0.2) is 11.1 Å². The van der Waals surface area contributed by atoms with Crippen molar-refractivity contribution in [2.45, 2.75) is 31.7 Å². The lowest BCUT2D eigenvalue weighted by molar-refractivity contribution is -0.144. The Hall–Kier alpha value is -0.870. The van der Waals surface area contributed by atoms with Gasteiger partial charge in [0.15, 0.2) is 0 Å². The van der Waals surface area contributed by atoms with Crippen LogP contribution in [0.15, 0.2) is 17.5 Å². The van der Waals surface area contributed by atoms with E-state index in [4.69, 9.17) is 10.8 Å². The van der Waals surface area contributed by atoms with Gasteiger partial charge in [0.05, 0.1) is 0 Å². The zero-order chi connectivity index (χ0) is 10.6. The number of nitrogens with two attached hydrogens (primary N) is 1. The van der Waals surface area contributed by atoms with Crippen LogP contribution in [0.25, 0.3) is 0 Å². The number of carboxylic acid groups (broad SMARTS) is 1. The van der Waals surface area contributed by atoms with Gasteiger partial charge < -0.3 is 10.8 Å². The van der Waals surface area contributed by atoms with Gasteiger partial charge in [-0.3, -0.25) is 0 Å². The highest BCUT2D eigenvalue weighted by atomic mass is 32.1. The predicted molar refractivity (Wildman–Crippen MR) is 57.3 cm³/mol. The third kappa shape index (κ3) is 2.13. The minimum Gasteiger partial charge on any atom is -0.480 e. The first-order valence-corrected chi connectivity index (χ1v) is 5.55. The molecule has 0 bridgehead atoms. The molecule has 4 heteroatoms. The molecule has 0 aliphatic rings. The molecule has 78 valence electrons. The molecular weight excluding hydrogens is 198 g/mol. The van der Waals surface area contributed by atoms with Crippen LogP contribution in [0.3, 0.4) is 0 Å². The molecule has 0 aliphatic carbocycles. The third-order valence-corrected chi connectivity index (χ3v) is 3.31. The molecule has 0 amide bonds. The molecule has 1 aromatic rings. The zero-order valence-electron chi connectivity index (χ0n) is 8.19. The minimum atomic E-state index is -1.19. The summed E-state index contributed by atoms with van der Waals surface area (Å²) >= 11 is 1.40. The van der Waals surface area contributed by atoms with Crippen LogP contribution in [-0.2, 0) is 10.3 Å². The van der Waals surface area contributed by atoms with Gasteiger partial charge in [-0.1, -0.05) is 25.8 Å². The maximum Gasteiger partial charge on any atom is 0.329 e. The van der Waals surface area contributed by atoms with E-state index < -0.39 is 11.5 Å². The Morgan fingerprint density at radius 2 is 2.43 bits per heavy atom. The summed E-state index contributed by atoms with van der Waals surface area (Å²) in [5.41, 5.74) is 4.71. The molecule has 1 heterocycles. The summed E-state index contributed by atoms with van der Waals surface area (Å²) in [6, 6.07) is 3.62. The molecule has 1 aromatic heterocycles. The lowest BCUT2D eigenvalue weighted by Gasteiger charge is -2.22. The Morgan fingerprint density at radius 1 is 1.71 bits per heavy atom. The normalized spacial score (nSPS) is 15.0. The first-order valence-electron chi connectivity index (χ1n) is 4.67. The topological polar surface area (TPSA) is 63.3 Å². The van der Waals surface area contributed by atoms with Gasteiger partial charge in [0.2, 0.25) is 0 Å². The molecule has 0 saturated heterocycles. The molecule has 0 aliphatic heterocycles. The highest BCUT2D eigenvalue weighted by Gasteiger charge is 2.36. The molecule has 1 atom stereocenters. The maximum absolute atomic E-state index is 11.1. The summed E-state index contributed by atoms with van der Waals surface area (Å²) in [5.74, 6) is -0.937. The average molecular weight is 213 g/mol. The van der Waals surface area contributed by atoms with Crippen LogP contribution in [0.1, 0.15) is 31.1 Å². The average Bonchev–Trinajstić information content (AvgIpc) is 2.66. The molecule has 0 spiro atoms. The molecule has 0 aromatic carbocycles. The second-order valence-electron chi connectivity index (χ2n) is 3.36. The number of carbonyl (C=O) groups is 1. The lowest BCUT2D eigenvalue weighted by Crippen LogP contribution is -2.44. The summed E-state index contributed by atoms with van der Waals surface area (Å²) < 4.78 is 0. The fourth-order valence-electron chi connectivity index (χ4n) is 1.32. The molecule has 1 rings (SSSR count). The Morgan fingerprint density at radius 3 is 2.86 bits per heavy atom. The first kappa shape index (κ1) is 11.2. The van der Waals surface area contributed by atoms with Gasteiger partial charge in [-0.2, -0.15) is 0 Å². The second kappa shape index (κ2) is 4.57. The highest BCUT2D eigenvalue weighted by molar-refractivity contribution is 7.10. The molecule has 0 radical (unpaired) electrons. The van der Waals surface area contributed by atoms with Crippen molar-refractivity contribution in [1.82, 2.24) is 0 Å². The summed E-state index contributed by atoms with van der Waals surface area (Å²) in [5, 5.41) is 11.0. The van der Waals surface area contributed by atoms with Crippen LogP contribution >= 0.6 is 11.3 Å². The Kier molecular flexibility index (Phi) is 3.66. The molecule has 0 unspecified atom stereocenters. The minimum absolute atomic E-state index is 0.499. The number of thiophene rings is 1. The second-order valence-corrected chi connectivity index (χ2v) is 4.31. The van der Waals surface area contributed by atoms with Gasteiger partial charge in [-0.05, 0) is 17.9 Å². The van der Waals surface area contributed by atoms with Crippen molar-refractivity contribution in [3.05, 3.63) is 22.4 Å². The third-order valence-electron chi connectivity index (χ3n) is 2.27. The highest BCUT2D eigenvalue weighted by Crippen LogP contribution is 2.28. The summed E-state index contributed by atoms with van der Waals surface area (Å²) in [6.07, 6.45) is 2.29. The summed E-state index contributed by atoms with van der Waals surface area (Å²) in [6.45, 7) is 2.02. The van der Waals surface area contributed by atoms with Crippen molar-refractivity contribution in [3.63, 3.8) is 0 Å². The molecule has 3 N–H and O–H groups in total. The Bertz CT molecular complexity index is 297. The van der Waals surface area contributed by atoms with Crippen molar-refractivity contribution < 1.29 is 9.90 Å². The van der Waals surface area contributed by atoms with E-state index in [0.717, 1.165) is 17.7 Å². The quantitative estimate of drug-likeness (QED) is 0.788. The number of aliphatic carboxylic acids is 1. The van der Waals surface area contributed by atoms with E-state index >= 15 is 0 Å². The van der Waals surface area contributed by atoms with Crippen molar-refractivity contribution in [1.29, 1.82) is 0 Å². The fraction of sp³-hybridized carbons (Fsp3) is 0.500. The molecule has 3 nitrogen and oxygen atoms in total. The van der Waals surface area contributed by atoms with Gasteiger partial charge in [0.25, 0.3) is 0 Å². The fourth-order valence-corrected chi connectivity index (χ4v) is 2.18. The zero-order valence-corrected chi connectivity index (χ0v) is 9.01. The Labute approximate surface area is 87.6 Å². The van der Waals surface area contributed by atoms with E-state index in [2.05, 4.69) is 0 Å².